The molecule has 0 saturated heterocycles. The van der Waals surface area contributed by atoms with Crippen LogP contribution in [0.4, 0.5) is 0 Å². The van der Waals surface area contributed by atoms with Crippen molar-refractivity contribution < 1.29 is 9.53 Å². The highest BCUT2D eigenvalue weighted by Crippen LogP contribution is 2.34. The second kappa shape index (κ2) is 6.06. The molecule has 21 heavy (non-hydrogen) atoms. The summed E-state index contributed by atoms with van der Waals surface area (Å²) in [4.78, 5) is 12.2. The number of carbonyl (C=O) groups is 1. The van der Waals surface area contributed by atoms with Gasteiger partial charge in [0.1, 0.15) is 5.75 Å². The molecule has 0 aliphatic heterocycles. The maximum Gasteiger partial charge on any atom is 0.237 e. The average Bonchev–Trinajstić information content (AvgIpc) is 2.79. The van der Waals surface area contributed by atoms with Gasteiger partial charge in [0.25, 0.3) is 0 Å². The van der Waals surface area contributed by atoms with E-state index in [-0.39, 0.29) is 23.5 Å². The minimum absolute atomic E-state index is 0.0406. The molecule has 2 rings (SSSR count). The molecule has 4 nitrogen and oxygen atoms in total. The van der Waals surface area contributed by atoms with Crippen LogP contribution in [0.5, 0.6) is 5.75 Å². The Hall–Kier alpha value is -1.55. The lowest BCUT2D eigenvalue weighted by molar-refractivity contribution is -0.124. The summed E-state index contributed by atoms with van der Waals surface area (Å²) in [5.41, 5.74) is 2.39. The van der Waals surface area contributed by atoms with E-state index >= 15 is 0 Å². The highest BCUT2D eigenvalue weighted by atomic mass is 16.5. The van der Waals surface area contributed by atoms with Gasteiger partial charge in [0.2, 0.25) is 5.91 Å². The molecule has 2 unspecified atom stereocenters. The fourth-order valence-corrected chi connectivity index (χ4v) is 2.74. The molecule has 1 aliphatic rings. The van der Waals surface area contributed by atoms with E-state index < -0.39 is 0 Å². The Morgan fingerprint density at radius 2 is 2.10 bits per heavy atom. The van der Waals surface area contributed by atoms with Crippen LogP contribution in [-0.4, -0.2) is 24.6 Å². The van der Waals surface area contributed by atoms with Crippen molar-refractivity contribution in [3.63, 3.8) is 0 Å². The van der Waals surface area contributed by atoms with E-state index in [9.17, 15) is 4.79 Å². The van der Waals surface area contributed by atoms with Gasteiger partial charge in [-0.2, -0.15) is 0 Å². The van der Waals surface area contributed by atoms with Crippen LogP contribution >= 0.6 is 0 Å². The number of fused-ring (bicyclic) bond motifs is 1. The number of rotatable bonds is 4. The lowest BCUT2D eigenvalue weighted by Gasteiger charge is -2.25. The smallest absolute Gasteiger partial charge is 0.237 e. The zero-order valence-electron chi connectivity index (χ0n) is 13.6. The first-order valence-electron chi connectivity index (χ1n) is 7.55. The van der Waals surface area contributed by atoms with Crippen LogP contribution < -0.4 is 15.4 Å². The van der Waals surface area contributed by atoms with E-state index in [1.807, 2.05) is 33.8 Å². The third-order valence-electron chi connectivity index (χ3n) is 3.77. The van der Waals surface area contributed by atoms with Crippen molar-refractivity contribution in [3.05, 3.63) is 29.3 Å². The number of methoxy groups -OCH3 is 1. The highest BCUT2D eigenvalue weighted by molar-refractivity contribution is 5.82. The van der Waals surface area contributed by atoms with E-state index in [0.29, 0.717) is 0 Å². The zero-order chi connectivity index (χ0) is 15.6. The summed E-state index contributed by atoms with van der Waals surface area (Å²) in [6.45, 7) is 7.90. The van der Waals surface area contributed by atoms with Gasteiger partial charge in [0.05, 0.1) is 13.2 Å². The van der Waals surface area contributed by atoms with Gasteiger partial charge in [-0.25, -0.2) is 0 Å². The van der Waals surface area contributed by atoms with Crippen molar-refractivity contribution in [3.8, 4) is 5.75 Å². The minimum Gasteiger partial charge on any atom is -0.497 e. The highest BCUT2D eigenvalue weighted by Gasteiger charge is 2.27. The normalized spacial score (nSPS) is 19.0. The number of hydrogen-bond acceptors (Lipinski definition) is 3. The molecular weight excluding hydrogens is 264 g/mol. The first-order valence-corrected chi connectivity index (χ1v) is 7.55. The molecule has 1 aromatic carbocycles. The SMILES string of the molecule is COc1ccc2c(c1)C(NC(C)C(=O)NC(C)(C)C)CC2. The molecule has 116 valence electrons. The second-order valence-electron chi connectivity index (χ2n) is 6.78. The summed E-state index contributed by atoms with van der Waals surface area (Å²) < 4.78 is 5.30. The van der Waals surface area contributed by atoms with Crippen molar-refractivity contribution in [2.24, 2.45) is 0 Å². The molecular formula is C17H26N2O2. The predicted molar refractivity (Wildman–Crippen MR) is 84.5 cm³/mol. The quantitative estimate of drug-likeness (QED) is 0.896. The fraction of sp³-hybridized carbons (Fsp3) is 0.588. The number of ether oxygens (including phenoxy) is 1. The lowest BCUT2D eigenvalue weighted by atomic mass is 10.1. The second-order valence-corrected chi connectivity index (χ2v) is 6.78. The molecule has 4 heteroatoms. The van der Waals surface area contributed by atoms with Crippen molar-refractivity contribution in [1.82, 2.24) is 10.6 Å². The lowest BCUT2D eigenvalue weighted by Crippen LogP contribution is -2.50. The van der Waals surface area contributed by atoms with Gasteiger partial charge in [-0.3, -0.25) is 10.1 Å². The third kappa shape index (κ3) is 3.97. The van der Waals surface area contributed by atoms with E-state index in [4.69, 9.17) is 4.74 Å². The van der Waals surface area contributed by atoms with Crippen LogP contribution in [0.3, 0.4) is 0 Å². The largest absolute Gasteiger partial charge is 0.497 e. The molecule has 1 amide bonds. The molecule has 0 radical (unpaired) electrons. The van der Waals surface area contributed by atoms with Crippen LogP contribution in [0.25, 0.3) is 0 Å². The van der Waals surface area contributed by atoms with Gasteiger partial charge in [-0.1, -0.05) is 6.07 Å². The monoisotopic (exact) mass is 290 g/mol. The molecule has 0 aromatic heterocycles. The first kappa shape index (κ1) is 15.8. The number of nitrogens with one attached hydrogen (secondary N) is 2. The Balaban J connectivity index is 2.04. The van der Waals surface area contributed by atoms with Gasteiger partial charge in [0.15, 0.2) is 0 Å². The van der Waals surface area contributed by atoms with Crippen molar-refractivity contribution in [2.45, 2.75) is 58.2 Å². The standard InChI is InChI=1S/C17H26N2O2/c1-11(16(20)19-17(2,3)4)18-15-9-7-12-6-8-13(21-5)10-14(12)15/h6,8,10-11,15,18H,7,9H2,1-5H3,(H,19,20). The van der Waals surface area contributed by atoms with Crippen LogP contribution in [0, 0.1) is 0 Å². The zero-order valence-corrected chi connectivity index (χ0v) is 13.6. The van der Waals surface area contributed by atoms with Gasteiger partial charge in [-0.05, 0) is 63.8 Å². The van der Waals surface area contributed by atoms with Crippen molar-refractivity contribution in [1.29, 1.82) is 0 Å². The molecule has 0 spiro atoms. The first-order chi connectivity index (χ1) is 9.80. The van der Waals surface area contributed by atoms with Crippen LogP contribution in [-0.2, 0) is 11.2 Å². The summed E-state index contributed by atoms with van der Waals surface area (Å²) in [5.74, 6) is 0.910. The maximum atomic E-state index is 12.2. The van der Waals surface area contributed by atoms with Gasteiger partial charge < -0.3 is 10.1 Å². The van der Waals surface area contributed by atoms with Crippen LogP contribution in [0.15, 0.2) is 18.2 Å². The average molecular weight is 290 g/mol. The Bertz CT molecular complexity index is 520. The third-order valence-corrected chi connectivity index (χ3v) is 3.77. The minimum atomic E-state index is -0.216. The fourth-order valence-electron chi connectivity index (χ4n) is 2.74. The van der Waals surface area contributed by atoms with E-state index in [0.717, 1.165) is 18.6 Å². The number of hydrogen-bond donors (Lipinski definition) is 2. The number of benzene rings is 1. The van der Waals surface area contributed by atoms with Crippen molar-refractivity contribution in [2.75, 3.05) is 7.11 Å². The molecule has 0 fully saturated rings. The number of carbonyl (C=O) groups excluding carboxylic acids is 1. The van der Waals surface area contributed by atoms with E-state index in [1.165, 1.54) is 11.1 Å². The summed E-state index contributed by atoms with van der Waals surface area (Å²) in [5, 5.41) is 6.45. The van der Waals surface area contributed by atoms with E-state index in [2.05, 4.69) is 22.8 Å². The Morgan fingerprint density at radius 3 is 2.71 bits per heavy atom. The van der Waals surface area contributed by atoms with Crippen molar-refractivity contribution >= 4 is 5.91 Å². The molecule has 1 aliphatic carbocycles. The number of amides is 1. The molecule has 2 N–H and O–H groups in total. The predicted octanol–water partition coefficient (Wildman–Crippen LogP) is 2.58. The van der Waals surface area contributed by atoms with Crippen LogP contribution in [0.2, 0.25) is 0 Å². The Morgan fingerprint density at radius 1 is 1.38 bits per heavy atom. The summed E-state index contributed by atoms with van der Waals surface area (Å²) in [6, 6.07) is 6.20. The Labute approximate surface area is 127 Å². The summed E-state index contributed by atoms with van der Waals surface area (Å²) >= 11 is 0. The summed E-state index contributed by atoms with van der Waals surface area (Å²) in [7, 11) is 1.68. The molecule has 0 bridgehead atoms. The van der Waals surface area contributed by atoms with Crippen LogP contribution in [0.1, 0.15) is 51.3 Å². The maximum absolute atomic E-state index is 12.2. The molecule has 0 saturated carbocycles. The van der Waals surface area contributed by atoms with Gasteiger partial charge in [0, 0.05) is 11.6 Å². The molecule has 0 heterocycles. The summed E-state index contributed by atoms with van der Waals surface area (Å²) in [6.07, 6.45) is 2.07. The topological polar surface area (TPSA) is 50.4 Å². The molecule has 1 aromatic rings. The number of aryl methyl sites for hydroxylation is 1. The Kier molecular flexibility index (Phi) is 4.57. The van der Waals surface area contributed by atoms with Gasteiger partial charge >= 0.3 is 0 Å². The van der Waals surface area contributed by atoms with E-state index in [1.54, 1.807) is 7.11 Å². The molecule has 2 atom stereocenters. The van der Waals surface area contributed by atoms with Gasteiger partial charge in [-0.15, -0.1) is 0 Å².